The van der Waals surface area contributed by atoms with Crippen molar-refractivity contribution in [2.75, 3.05) is 7.11 Å². The van der Waals surface area contributed by atoms with Gasteiger partial charge in [0.2, 0.25) is 0 Å². The smallest absolute Gasteiger partial charge is 0.337 e. The molecule has 0 amide bonds. The topological polar surface area (TPSA) is 119 Å². The second kappa shape index (κ2) is 4.83. The Bertz CT molecular complexity index is 565. The molecule has 0 heterocycles. The molecule has 0 aromatic heterocycles. The third kappa shape index (κ3) is 2.94. The first-order chi connectivity index (χ1) is 7.88. The van der Waals surface area contributed by atoms with Gasteiger partial charge in [-0.15, -0.1) is 4.40 Å². The molecule has 0 unspecified atom stereocenters. The number of rotatable bonds is 3. The van der Waals surface area contributed by atoms with Crippen LogP contribution in [0.25, 0.3) is 0 Å². The molecule has 0 aliphatic carbocycles. The molecule has 0 aliphatic heterocycles. The number of nitrogens with zero attached hydrogens (tertiary/aromatic N) is 1. The fourth-order valence-corrected chi connectivity index (χ4v) is 2.17. The van der Waals surface area contributed by atoms with E-state index in [1.807, 2.05) is 0 Å². The van der Waals surface area contributed by atoms with E-state index in [1.165, 1.54) is 12.1 Å². The number of aromatic carboxylic acids is 1. The summed E-state index contributed by atoms with van der Waals surface area (Å²) in [6.45, 7) is 0. The molecule has 8 heteroatoms. The first-order valence-corrected chi connectivity index (χ1v) is 5.79. The van der Waals surface area contributed by atoms with Gasteiger partial charge in [0.25, 0.3) is 16.0 Å². The summed E-state index contributed by atoms with van der Waals surface area (Å²) in [5, 5.41) is 8.84. The van der Waals surface area contributed by atoms with Crippen molar-refractivity contribution < 1.29 is 23.1 Å². The van der Waals surface area contributed by atoms with Gasteiger partial charge in [-0.05, 0) is 12.1 Å². The molecule has 1 rings (SSSR count). The number of methoxy groups -OCH3 is 1. The molecule has 1 aromatic rings. The fraction of sp³-hybridized carbons (Fsp3) is 0.111. The van der Waals surface area contributed by atoms with Crippen molar-refractivity contribution in [1.82, 2.24) is 0 Å². The van der Waals surface area contributed by atoms with Gasteiger partial charge in [0.05, 0.1) is 12.7 Å². The minimum atomic E-state index is -4.19. The molecule has 92 valence electrons. The molecule has 17 heavy (non-hydrogen) atoms. The maximum Gasteiger partial charge on any atom is 0.337 e. The zero-order valence-corrected chi connectivity index (χ0v) is 9.64. The van der Waals surface area contributed by atoms with Gasteiger partial charge in [-0.3, -0.25) is 0 Å². The molecule has 0 atom stereocenters. The largest absolute Gasteiger partial charge is 0.478 e. The number of sulfonamides is 1. The zero-order valence-electron chi connectivity index (χ0n) is 8.82. The summed E-state index contributed by atoms with van der Waals surface area (Å²) in [6.07, 6.45) is 0. The molecule has 0 fully saturated rings. The number of nitrogens with two attached hydrogens (primary N) is 1. The summed E-state index contributed by atoms with van der Waals surface area (Å²) in [7, 11) is -3.04. The summed E-state index contributed by atoms with van der Waals surface area (Å²) in [4.78, 5) is 10.4. The van der Waals surface area contributed by atoms with Gasteiger partial charge in [-0.1, -0.05) is 12.1 Å². The molecule has 7 nitrogen and oxygen atoms in total. The third-order valence-electron chi connectivity index (χ3n) is 1.81. The molecule has 0 saturated carbocycles. The number of benzene rings is 1. The van der Waals surface area contributed by atoms with E-state index in [1.54, 1.807) is 0 Å². The Hall–Kier alpha value is -2.09. The Kier molecular flexibility index (Phi) is 3.69. The lowest BCUT2D eigenvalue weighted by Crippen LogP contribution is -2.17. The standard InChI is InChI=1S/C9H10N2O5S/c1-16-9(10)11-17(14,15)7-5-3-2-4-6(7)8(12)13/h2-5H,1H3,(H2,10,11)(H,12,13). The summed E-state index contributed by atoms with van der Waals surface area (Å²) in [5.74, 6) is -1.37. The molecule has 0 spiro atoms. The Morgan fingerprint density at radius 3 is 2.53 bits per heavy atom. The average Bonchev–Trinajstić information content (AvgIpc) is 2.28. The van der Waals surface area contributed by atoms with Crippen LogP contribution in [-0.2, 0) is 14.8 Å². The van der Waals surface area contributed by atoms with E-state index < -0.39 is 26.9 Å². The quantitative estimate of drug-likeness (QED) is 0.583. The zero-order chi connectivity index (χ0) is 13.1. The number of hydrogen-bond donors (Lipinski definition) is 2. The Morgan fingerprint density at radius 1 is 1.41 bits per heavy atom. The lowest BCUT2D eigenvalue weighted by molar-refractivity contribution is 0.0692. The number of hydrogen-bond acceptors (Lipinski definition) is 4. The van der Waals surface area contributed by atoms with Gasteiger partial charge in [0, 0.05) is 0 Å². The summed E-state index contributed by atoms with van der Waals surface area (Å²) >= 11 is 0. The lowest BCUT2D eigenvalue weighted by atomic mass is 10.2. The molecule has 1 aromatic carbocycles. The lowest BCUT2D eigenvalue weighted by Gasteiger charge is -2.03. The molecule has 0 radical (unpaired) electrons. The summed E-state index contributed by atoms with van der Waals surface area (Å²) < 4.78 is 31.0. The summed E-state index contributed by atoms with van der Waals surface area (Å²) in [6, 6.07) is 4.52. The minimum Gasteiger partial charge on any atom is -0.478 e. The van der Waals surface area contributed by atoms with Crippen molar-refractivity contribution in [3.8, 4) is 0 Å². The van der Waals surface area contributed by atoms with E-state index in [9.17, 15) is 13.2 Å². The maximum atomic E-state index is 11.7. The number of ether oxygens (including phenoxy) is 1. The van der Waals surface area contributed by atoms with Crippen molar-refractivity contribution in [3.05, 3.63) is 29.8 Å². The van der Waals surface area contributed by atoms with Gasteiger partial charge in [-0.25, -0.2) is 4.79 Å². The van der Waals surface area contributed by atoms with E-state index >= 15 is 0 Å². The van der Waals surface area contributed by atoms with Crippen molar-refractivity contribution in [2.24, 2.45) is 10.1 Å². The minimum absolute atomic E-state index is 0.375. The van der Waals surface area contributed by atoms with Crippen LogP contribution in [-0.4, -0.2) is 32.6 Å². The highest BCUT2D eigenvalue weighted by molar-refractivity contribution is 7.90. The van der Waals surface area contributed by atoms with Gasteiger partial charge in [-0.2, -0.15) is 8.42 Å². The van der Waals surface area contributed by atoms with Gasteiger partial charge < -0.3 is 15.6 Å². The molecule has 3 N–H and O–H groups in total. The molecule has 0 aliphatic rings. The van der Waals surface area contributed by atoms with Crippen LogP contribution < -0.4 is 5.73 Å². The van der Waals surface area contributed by atoms with Crippen LogP contribution in [0, 0.1) is 0 Å². The van der Waals surface area contributed by atoms with Crippen LogP contribution in [0.2, 0.25) is 0 Å². The highest BCUT2D eigenvalue weighted by Gasteiger charge is 2.21. The maximum absolute atomic E-state index is 11.7. The van der Waals surface area contributed by atoms with E-state index in [0.717, 1.165) is 19.2 Å². The van der Waals surface area contributed by atoms with Crippen LogP contribution in [0.15, 0.2) is 33.6 Å². The first kappa shape index (κ1) is 13.0. The Morgan fingerprint density at radius 2 is 2.00 bits per heavy atom. The Labute approximate surface area is 97.6 Å². The van der Waals surface area contributed by atoms with E-state index in [2.05, 4.69) is 9.13 Å². The average molecular weight is 258 g/mol. The second-order valence-electron chi connectivity index (χ2n) is 2.91. The molecule has 0 bridgehead atoms. The van der Waals surface area contributed by atoms with Gasteiger partial charge in [0.1, 0.15) is 4.90 Å². The van der Waals surface area contributed by atoms with Crippen LogP contribution in [0.5, 0.6) is 0 Å². The number of carboxylic acid groups (broad SMARTS) is 1. The first-order valence-electron chi connectivity index (χ1n) is 4.35. The highest BCUT2D eigenvalue weighted by atomic mass is 32.2. The SMILES string of the molecule is CO/C(N)=N/S(=O)(=O)c1ccccc1C(=O)O. The molecular weight excluding hydrogens is 248 g/mol. The van der Waals surface area contributed by atoms with E-state index in [4.69, 9.17) is 10.8 Å². The van der Waals surface area contributed by atoms with Gasteiger partial charge >= 0.3 is 5.97 Å². The number of carbonyl (C=O) groups is 1. The van der Waals surface area contributed by atoms with Gasteiger partial charge in [0.15, 0.2) is 0 Å². The van der Waals surface area contributed by atoms with E-state index in [-0.39, 0.29) is 5.56 Å². The summed E-state index contributed by atoms with van der Waals surface area (Å²) in [5.41, 5.74) is 4.75. The monoisotopic (exact) mass is 258 g/mol. The van der Waals surface area contributed by atoms with E-state index in [0.29, 0.717) is 0 Å². The molecule has 0 saturated heterocycles. The normalized spacial score (nSPS) is 12.2. The van der Waals surface area contributed by atoms with Crippen molar-refractivity contribution in [3.63, 3.8) is 0 Å². The molecular formula is C9H10N2O5S. The second-order valence-corrected chi connectivity index (χ2v) is 4.48. The van der Waals surface area contributed by atoms with Crippen LogP contribution in [0.1, 0.15) is 10.4 Å². The highest BCUT2D eigenvalue weighted by Crippen LogP contribution is 2.17. The van der Waals surface area contributed by atoms with Crippen molar-refractivity contribution in [1.29, 1.82) is 0 Å². The van der Waals surface area contributed by atoms with Crippen molar-refractivity contribution >= 4 is 22.0 Å². The fourth-order valence-electron chi connectivity index (χ4n) is 1.07. The van der Waals surface area contributed by atoms with Crippen molar-refractivity contribution in [2.45, 2.75) is 4.90 Å². The predicted molar refractivity (Wildman–Crippen MR) is 59.2 cm³/mol. The van der Waals surface area contributed by atoms with Crippen LogP contribution in [0.4, 0.5) is 0 Å². The Balaban J connectivity index is 3.39. The van der Waals surface area contributed by atoms with Crippen LogP contribution in [0.3, 0.4) is 0 Å². The third-order valence-corrected chi connectivity index (χ3v) is 3.15. The number of carboxylic acids is 1. The predicted octanol–water partition coefficient (Wildman–Crippen LogP) is 0.0346. The van der Waals surface area contributed by atoms with Crippen LogP contribution >= 0.6 is 0 Å². The number of amidine groups is 1.